The first-order valence-electron chi connectivity index (χ1n) is 9.67. The predicted octanol–water partition coefficient (Wildman–Crippen LogP) is 3.03. The van der Waals surface area contributed by atoms with Gasteiger partial charge in [-0.1, -0.05) is 18.2 Å². The topological polar surface area (TPSA) is 108 Å². The summed E-state index contributed by atoms with van der Waals surface area (Å²) in [6.45, 7) is 1.60. The third kappa shape index (κ3) is 4.27. The Morgan fingerprint density at radius 2 is 2.00 bits per heavy atom. The van der Waals surface area contributed by atoms with E-state index in [0.717, 1.165) is 23.5 Å². The van der Waals surface area contributed by atoms with E-state index in [9.17, 15) is 22.8 Å². The molecule has 0 aliphatic carbocycles. The van der Waals surface area contributed by atoms with Crippen LogP contribution in [0.3, 0.4) is 0 Å². The summed E-state index contributed by atoms with van der Waals surface area (Å²) < 4.78 is 39.9. The molecule has 1 aromatic carbocycles. The van der Waals surface area contributed by atoms with Gasteiger partial charge in [0.15, 0.2) is 5.69 Å². The monoisotopic (exact) mass is 444 g/mol. The lowest BCUT2D eigenvalue weighted by atomic mass is 10.0. The highest BCUT2D eigenvalue weighted by atomic mass is 19.4. The van der Waals surface area contributed by atoms with Gasteiger partial charge in [0.25, 0.3) is 11.5 Å². The van der Waals surface area contributed by atoms with Crippen LogP contribution < -0.4 is 10.9 Å². The lowest BCUT2D eigenvalue weighted by molar-refractivity contribution is -0.143. The van der Waals surface area contributed by atoms with Crippen molar-refractivity contribution in [3.63, 3.8) is 0 Å². The van der Waals surface area contributed by atoms with Crippen LogP contribution in [0.4, 0.5) is 13.2 Å². The molecule has 4 aromatic rings. The molecule has 0 unspecified atom stereocenters. The summed E-state index contributed by atoms with van der Waals surface area (Å²) in [5.74, 6) is -0.455. The van der Waals surface area contributed by atoms with Gasteiger partial charge in [-0.3, -0.25) is 14.3 Å². The third-order valence-electron chi connectivity index (χ3n) is 5.04. The van der Waals surface area contributed by atoms with E-state index in [0.29, 0.717) is 16.6 Å². The molecular weight excluding hydrogens is 425 g/mol. The molecule has 0 aliphatic heterocycles. The van der Waals surface area contributed by atoms with E-state index in [4.69, 9.17) is 0 Å². The first-order chi connectivity index (χ1) is 15.1. The average molecular weight is 444 g/mol. The highest BCUT2D eigenvalue weighted by molar-refractivity contribution is 5.92. The maximum atomic E-state index is 13.1. The van der Waals surface area contributed by atoms with Gasteiger partial charge in [-0.25, -0.2) is 4.98 Å². The molecule has 0 spiro atoms. The molecule has 3 N–H and O–H groups in total. The van der Waals surface area contributed by atoms with Crippen molar-refractivity contribution in [3.05, 3.63) is 81.4 Å². The Morgan fingerprint density at radius 3 is 2.69 bits per heavy atom. The Morgan fingerprint density at radius 1 is 1.25 bits per heavy atom. The normalized spacial score (nSPS) is 12.8. The van der Waals surface area contributed by atoms with Gasteiger partial charge in [0, 0.05) is 42.7 Å². The summed E-state index contributed by atoms with van der Waals surface area (Å²) in [6, 6.07) is 8.72. The fourth-order valence-corrected chi connectivity index (χ4v) is 3.61. The number of carbonyl (C=O) groups excluding carboxylic acids is 1. The van der Waals surface area contributed by atoms with E-state index in [1.807, 2.05) is 24.3 Å². The number of para-hydroxylation sites is 1. The van der Waals surface area contributed by atoms with Gasteiger partial charge >= 0.3 is 6.18 Å². The second-order valence-electron chi connectivity index (χ2n) is 7.38. The van der Waals surface area contributed by atoms with Crippen molar-refractivity contribution in [2.45, 2.75) is 25.6 Å². The maximum absolute atomic E-state index is 13.1. The number of benzene rings is 1. The van der Waals surface area contributed by atoms with Gasteiger partial charge in [-0.15, -0.1) is 0 Å². The summed E-state index contributed by atoms with van der Waals surface area (Å²) in [5, 5.41) is 7.31. The summed E-state index contributed by atoms with van der Waals surface area (Å²) in [7, 11) is 1.12. The van der Waals surface area contributed by atoms with Crippen LogP contribution in [0.5, 0.6) is 0 Å². The van der Waals surface area contributed by atoms with Gasteiger partial charge in [0.05, 0.1) is 11.7 Å². The Kier molecular flexibility index (Phi) is 5.33. The number of aromatic nitrogens is 5. The molecule has 1 amide bonds. The van der Waals surface area contributed by atoms with Gasteiger partial charge in [0.2, 0.25) is 0 Å². The summed E-state index contributed by atoms with van der Waals surface area (Å²) >= 11 is 0. The number of H-pyrrole nitrogens is 2. The molecule has 0 aliphatic rings. The van der Waals surface area contributed by atoms with E-state index in [2.05, 4.69) is 25.4 Å². The maximum Gasteiger partial charge on any atom is 0.433 e. The molecule has 0 bridgehead atoms. The smallest absolute Gasteiger partial charge is 0.361 e. The predicted molar refractivity (Wildman–Crippen MR) is 110 cm³/mol. The molecule has 11 heteroatoms. The molecule has 0 radical (unpaired) electrons. The minimum Gasteiger partial charge on any atom is -0.361 e. The Hall–Kier alpha value is -3.89. The molecule has 8 nitrogen and oxygen atoms in total. The average Bonchev–Trinajstić information content (AvgIpc) is 3.30. The van der Waals surface area contributed by atoms with Crippen LogP contribution in [0.25, 0.3) is 10.9 Å². The number of aromatic amines is 2. The second kappa shape index (κ2) is 7.98. The minimum absolute atomic E-state index is 0.255. The van der Waals surface area contributed by atoms with Crippen molar-refractivity contribution in [2.75, 3.05) is 0 Å². The largest absolute Gasteiger partial charge is 0.433 e. The Labute approximate surface area is 179 Å². The van der Waals surface area contributed by atoms with Crippen molar-refractivity contribution in [1.82, 2.24) is 30.0 Å². The summed E-state index contributed by atoms with van der Waals surface area (Å²) in [5.41, 5.74) is 0.204. The number of hydrogen-bond donors (Lipinski definition) is 3. The number of alkyl halides is 3. The van der Waals surface area contributed by atoms with E-state index in [-0.39, 0.29) is 17.8 Å². The van der Waals surface area contributed by atoms with Gasteiger partial charge in [0.1, 0.15) is 11.5 Å². The second-order valence-corrected chi connectivity index (χ2v) is 7.38. The Bertz CT molecular complexity index is 1350. The number of carbonyl (C=O) groups is 1. The van der Waals surface area contributed by atoms with E-state index < -0.39 is 29.4 Å². The van der Waals surface area contributed by atoms with Crippen molar-refractivity contribution in [2.24, 2.45) is 7.05 Å². The quantitative estimate of drug-likeness (QED) is 0.440. The summed E-state index contributed by atoms with van der Waals surface area (Å²) in [6.07, 6.45) is -2.61. The van der Waals surface area contributed by atoms with Crippen LogP contribution in [0.15, 0.2) is 47.4 Å². The number of nitrogens with one attached hydrogen (secondary N) is 3. The Balaban J connectivity index is 1.69. The van der Waals surface area contributed by atoms with E-state index in [1.54, 1.807) is 13.1 Å². The van der Waals surface area contributed by atoms with Crippen molar-refractivity contribution in [3.8, 4) is 0 Å². The number of fused-ring (bicyclic) bond motifs is 1. The van der Waals surface area contributed by atoms with Crippen LogP contribution in [-0.2, 0) is 19.6 Å². The number of halogens is 3. The number of nitrogens with zero attached hydrogens (tertiary/aromatic N) is 3. The molecule has 1 atom stereocenters. The molecule has 3 heterocycles. The molecule has 0 saturated heterocycles. The fraction of sp³-hybridized carbons (Fsp3) is 0.238. The number of rotatable bonds is 5. The van der Waals surface area contributed by atoms with Crippen molar-refractivity contribution in [1.29, 1.82) is 0 Å². The van der Waals surface area contributed by atoms with Crippen LogP contribution in [0.2, 0.25) is 0 Å². The van der Waals surface area contributed by atoms with Crippen LogP contribution in [-0.4, -0.2) is 30.6 Å². The highest BCUT2D eigenvalue weighted by Gasteiger charge is 2.36. The number of aryl methyl sites for hydroxylation is 2. The molecule has 0 fully saturated rings. The lowest BCUT2D eigenvalue weighted by Gasteiger charge is -2.18. The zero-order valence-corrected chi connectivity index (χ0v) is 17.1. The standard InChI is InChI=1S/C21H19F3N6O2/c1-11-26-16(9-19(31)27-11)15(7-12-10-25-14-6-4-3-5-13(12)14)28-20(32)17-8-18(21(22,23)24)30(2)29-17/h3-6,8-10,15,25H,7H2,1-2H3,(H,28,32)(H,26,27,31)/t15-/m0/s1. The SMILES string of the molecule is Cc1nc([C@H](Cc2c[nH]c3ccccc23)NC(=O)c2cc(C(F)(F)F)n(C)n2)cc(=O)[nH]1. The first-order valence-corrected chi connectivity index (χ1v) is 9.67. The van der Waals surface area contributed by atoms with Crippen molar-refractivity contribution < 1.29 is 18.0 Å². The van der Waals surface area contributed by atoms with E-state index in [1.165, 1.54) is 6.07 Å². The highest BCUT2D eigenvalue weighted by Crippen LogP contribution is 2.29. The van der Waals surface area contributed by atoms with Gasteiger partial charge in [-0.05, 0) is 18.6 Å². The minimum atomic E-state index is -4.64. The van der Waals surface area contributed by atoms with Crippen molar-refractivity contribution >= 4 is 16.8 Å². The number of hydrogen-bond acceptors (Lipinski definition) is 4. The zero-order chi connectivity index (χ0) is 23.0. The molecule has 4 rings (SSSR count). The molecule has 0 saturated carbocycles. The van der Waals surface area contributed by atoms with Gasteiger partial charge in [-0.2, -0.15) is 18.3 Å². The van der Waals surface area contributed by atoms with Crippen LogP contribution in [0, 0.1) is 6.92 Å². The fourth-order valence-electron chi connectivity index (χ4n) is 3.61. The molecular formula is C21H19F3N6O2. The number of amides is 1. The first kappa shape index (κ1) is 21.3. The zero-order valence-electron chi connectivity index (χ0n) is 17.1. The molecule has 166 valence electrons. The van der Waals surface area contributed by atoms with Crippen LogP contribution >= 0.6 is 0 Å². The lowest BCUT2D eigenvalue weighted by Crippen LogP contribution is -2.32. The molecule has 3 aromatic heterocycles. The van der Waals surface area contributed by atoms with Gasteiger partial charge < -0.3 is 15.3 Å². The summed E-state index contributed by atoms with van der Waals surface area (Å²) in [4.78, 5) is 34.8. The van der Waals surface area contributed by atoms with E-state index >= 15 is 0 Å². The van der Waals surface area contributed by atoms with Crippen LogP contribution in [0.1, 0.15) is 39.3 Å². The third-order valence-corrected chi connectivity index (χ3v) is 5.04. The molecule has 32 heavy (non-hydrogen) atoms.